The zero-order valence-corrected chi connectivity index (χ0v) is 18.0. The highest BCUT2D eigenvalue weighted by atomic mass is 16.2. The number of aryl methyl sites for hydroxylation is 1. The number of unbranched alkanes of at least 4 members (excludes halogenated alkanes) is 2. The number of amides is 1. The average molecular weight is 412 g/mol. The molecule has 1 amide bonds. The normalized spacial score (nSPS) is 18.5. The molecule has 0 saturated carbocycles. The fraction of sp³-hybridized carbons (Fsp3) is 0.522. The summed E-state index contributed by atoms with van der Waals surface area (Å²) in [6.45, 7) is 3.20. The molecular formula is C23H33N5O2. The van der Waals surface area contributed by atoms with Crippen LogP contribution in [0.2, 0.25) is 0 Å². The third-order valence-corrected chi connectivity index (χ3v) is 5.60. The fourth-order valence-corrected chi connectivity index (χ4v) is 3.86. The Bertz CT molecular complexity index is 867. The first-order valence-corrected chi connectivity index (χ1v) is 11.0. The van der Waals surface area contributed by atoms with E-state index in [1.807, 2.05) is 13.0 Å². The van der Waals surface area contributed by atoms with Gasteiger partial charge in [0.15, 0.2) is 0 Å². The van der Waals surface area contributed by atoms with E-state index in [-0.39, 0.29) is 11.5 Å². The molecule has 2 atom stereocenters. The molecule has 162 valence electrons. The van der Waals surface area contributed by atoms with Gasteiger partial charge in [0.2, 0.25) is 0 Å². The molecule has 1 aromatic heterocycles. The van der Waals surface area contributed by atoms with Crippen LogP contribution in [0.15, 0.2) is 47.3 Å². The van der Waals surface area contributed by atoms with E-state index >= 15 is 0 Å². The molecule has 2 heterocycles. The first-order valence-electron chi connectivity index (χ1n) is 11.0. The minimum Gasteiger partial charge on any atom is -0.340 e. The Balaban J connectivity index is 1.36. The van der Waals surface area contributed by atoms with Crippen molar-refractivity contribution in [3.8, 4) is 0 Å². The van der Waals surface area contributed by atoms with Crippen LogP contribution in [0.5, 0.6) is 0 Å². The largest absolute Gasteiger partial charge is 0.340 e. The highest BCUT2D eigenvalue weighted by Crippen LogP contribution is 2.24. The Kier molecular flexibility index (Phi) is 8.16. The Morgan fingerprint density at radius 2 is 1.93 bits per heavy atom. The van der Waals surface area contributed by atoms with Crippen molar-refractivity contribution in [3.05, 3.63) is 64.1 Å². The van der Waals surface area contributed by atoms with Crippen molar-refractivity contribution < 1.29 is 4.79 Å². The van der Waals surface area contributed by atoms with Crippen molar-refractivity contribution in [1.29, 1.82) is 0 Å². The third-order valence-electron chi connectivity index (χ3n) is 5.60. The van der Waals surface area contributed by atoms with E-state index in [0.29, 0.717) is 30.9 Å². The molecule has 0 bridgehead atoms. The lowest BCUT2D eigenvalue weighted by Gasteiger charge is -2.17. The van der Waals surface area contributed by atoms with Crippen LogP contribution in [0.25, 0.3) is 0 Å². The van der Waals surface area contributed by atoms with Gasteiger partial charge in [0.05, 0.1) is 0 Å². The first-order chi connectivity index (χ1) is 14.6. The van der Waals surface area contributed by atoms with Crippen LogP contribution in [0.1, 0.15) is 67.5 Å². The summed E-state index contributed by atoms with van der Waals surface area (Å²) >= 11 is 0. The molecule has 2 N–H and O–H groups in total. The molecule has 1 fully saturated rings. The molecule has 1 saturated heterocycles. The molecule has 1 aromatic carbocycles. The second kappa shape index (κ2) is 11.0. The van der Waals surface area contributed by atoms with E-state index in [9.17, 15) is 9.59 Å². The van der Waals surface area contributed by atoms with Crippen molar-refractivity contribution in [2.75, 3.05) is 13.6 Å². The van der Waals surface area contributed by atoms with Crippen molar-refractivity contribution in [2.45, 2.75) is 64.1 Å². The maximum absolute atomic E-state index is 12.6. The van der Waals surface area contributed by atoms with Crippen LogP contribution in [0, 0.1) is 0 Å². The van der Waals surface area contributed by atoms with Gasteiger partial charge in [-0.15, -0.1) is 0 Å². The minimum absolute atomic E-state index is 0.132. The SMILES string of the molecule is CCCn1nc(C(=O)N(C)CCCCCC2CC(c3ccccc3)NN2)ccc1=O. The number of rotatable bonds is 10. The van der Waals surface area contributed by atoms with Crippen molar-refractivity contribution >= 4 is 5.91 Å². The third kappa shape index (κ3) is 6.00. The van der Waals surface area contributed by atoms with Gasteiger partial charge in [0.25, 0.3) is 11.5 Å². The van der Waals surface area contributed by atoms with Gasteiger partial charge in [-0.05, 0) is 37.3 Å². The van der Waals surface area contributed by atoms with Crippen LogP contribution in [0.3, 0.4) is 0 Å². The molecule has 3 rings (SSSR count). The van der Waals surface area contributed by atoms with Crippen molar-refractivity contribution in [2.24, 2.45) is 0 Å². The van der Waals surface area contributed by atoms with Crippen molar-refractivity contribution in [3.63, 3.8) is 0 Å². The highest BCUT2D eigenvalue weighted by Gasteiger charge is 2.24. The van der Waals surface area contributed by atoms with Gasteiger partial charge in [-0.25, -0.2) is 4.68 Å². The van der Waals surface area contributed by atoms with E-state index in [1.54, 1.807) is 11.9 Å². The quantitative estimate of drug-likeness (QED) is 0.588. The average Bonchev–Trinajstić information content (AvgIpc) is 3.24. The topological polar surface area (TPSA) is 79.3 Å². The van der Waals surface area contributed by atoms with Crippen LogP contribution in [-0.4, -0.2) is 40.2 Å². The molecule has 0 aliphatic carbocycles. The van der Waals surface area contributed by atoms with Gasteiger partial charge in [-0.2, -0.15) is 5.10 Å². The lowest BCUT2D eigenvalue weighted by Crippen LogP contribution is -2.32. The fourth-order valence-electron chi connectivity index (χ4n) is 3.86. The van der Waals surface area contributed by atoms with Gasteiger partial charge in [-0.1, -0.05) is 50.1 Å². The number of nitrogens with zero attached hydrogens (tertiary/aromatic N) is 3. The molecule has 0 radical (unpaired) electrons. The summed E-state index contributed by atoms with van der Waals surface area (Å²) in [5.41, 5.74) is 8.30. The summed E-state index contributed by atoms with van der Waals surface area (Å²) in [6, 6.07) is 14.3. The van der Waals surface area contributed by atoms with Crippen LogP contribution >= 0.6 is 0 Å². The summed E-state index contributed by atoms with van der Waals surface area (Å²) in [7, 11) is 1.80. The molecule has 30 heavy (non-hydrogen) atoms. The monoisotopic (exact) mass is 411 g/mol. The molecule has 1 aliphatic heterocycles. The van der Waals surface area contributed by atoms with Crippen LogP contribution in [-0.2, 0) is 6.54 Å². The van der Waals surface area contributed by atoms with E-state index in [1.165, 1.54) is 22.4 Å². The van der Waals surface area contributed by atoms with Crippen LogP contribution < -0.4 is 16.4 Å². The van der Waals surface area contributed by atoms with Gasteiger partial charge < -0.3 is 4.90 Å². The molecule has 2 aromatic rings. The number of hydrazine groups is 1. The second-order valence-corrected chi connectivity index (χ2v) is 8.04. The van der Waals surface area contributed by atoms with E-state index < -0.39 is 0 Å². The lowest BCUT2D eigenvalue weighted by molar-refractivity contribution is 0.0783. The first kappa shape index (κ1) is 22.2. The van der Waals surface area contributed by atoms with E-state index in [2.05, 4.69) is 40.2 Å². The van der Waals surface area contributed by atoms with Crippen molar-refractivity contribution in [1.82, 2.24) is 25.5 Å². The zero-order valence-electron chi connectivity index (χ0n) is 18.0. The minimum atomic E-state index is -0.166. The van der Waals surface area contributed by atoms with Crippen LogP contribution in [0.4, 0.5) is 0 Å². The lowest BCUT2D eigenvalue weighted by atomic mass is 9.99. The summed E-state index contributed by atoms with van der Waals surface area (Å²) in [6.07, 6.45) is 6.19. The number of carbonyl (C=O) groups excluding carboxylic acids is 1. The Hall–Kier alpha value is -2.51. The predicted molar refractivity (Wildman–Crippen MR) is 118 cm³/mol. The second-order valence-electron chi connectivity index (χ2n) is 8.04. The molecule has 7 nitrogen and oxygen atoms in total. The maximum Gasteiger partial charge on any atom is 0.274 e. The Labute approximate surface area is 178 Å². The van der Waals surface area contributed by atoms with Gasteiger partial charge in [-0.3, -0.25) is 20.4 Å². The van der Waals surface area contributed by atoms with Gasteiger partial charge >= 0.3 is 0 Å². The number of hydrogen-bond donors (Lipinski definition) is 2. The predicted octanol–water partition coefficient (Wildman–Crippen LogP) is 2.89. The van der Waals surface area contributed by atoms with Gasteiger partial charge in [0.1, 0.15) is 5.69 Å². The Morgan fingerprint density at radius 1 is 1.13 bits per heavy atom. The smallest absolute Gasteiger partial charge is 0.274 e. The number of nitrogens with one attached hydrogen (secondary N) is 2. The molecule has 2 unspecified atom stereocenters. The van der Waals surface area contributed by atoms with E-state index in [4.69, 9.17) is 0 Å². The molecule has 0 spiro atoms. The Morgan fingerprint density at radius 3 is 2.70 bits per heavy atom. The molecule has 1 aliphatic rings. The number of aromatic nitrogens is 2. The maximum atomic E-state index is 12.6. The van der Waals surface area contributed by atoms with Gasteiger partial charge in [0, 0.05) is 38.3 Å². The number of benzene rings is 1. The number of carbonyl (C=O) groups is 1. The standard InChI is InChI=1S/C23H33N5O2/c1-3-15-28-22(29)14-13-20(26-28)23(30)27(2)16-9-5-8-12-19-17-21(25-24-19)18-10-6-4-7-11-18/h4,6-7,10-11,13-14,19,21,24-25H,3,5,8-9,12,15-17H2,1-2H3. The highest BCUT2D eigenvalue weighted by molar-refractivity contribution is 5.91. The zero-order chi connectivity index (χ0) is 21.3. The summed E-state index contributed by atoms with van der Waals surface area (Å²) < 4.78 is 1.37. The summed E-state index contributed by atoms with van der Waals surface area (Å²) in [4.78, 5) is 26.1. The molecular weight excluding hydrogens is 378 g/mol. The summed E-state index contributed by atoms with van der Waals surface area (Å²) in [5, 5.41) is 4.21. The molecule has 7 heteroatoms. The summed E-state index contributed by atoms with van der Waals surface area (Å²) in [5.74, 6) is -0.132. The number of hydrogen-bond acceptors (Lipinski definition) is 5. The van der Waals surface area contributed by atoms with E-state index in [0.717, 1.165) is 38.5 Å².